The summed E-state index contributed by atoms with van der Waals surface area (Å²) in [5, 5.41) is 0. The summed E-state index contributed by atoms with van der Waals surface area (Å²) in [4.78, 5) is 0. The lowest BCUT2D eigenvalue weighted by Crippen LogP contribution is -2.06. The monoisotopic (exact) mass is 168 g/mol. The molecule has 2 aliphatic rings. The van der Waals surface area contributed by atoms with Crippen molar-refractivity contribution in [1.29, 1.82) is 0 Å². The minimum atomic E-state index is 0.547. The Labute approximate surface area is 73.5 Å². The lowest BCUT2D eigenvalue weighted by atomic mass is 10.3. The van der Waals surface area contributed by atoms with Gasteiger partial charge in [0.05, 0.1) is 19.8 Å². The molecule has 2 aliphatic carbocycles. The predicted molar refractivity (Wildman–Crippen MR) is 47.0 cm³/mol. The van der Waals surface area contributed by atoms with Crippen LogP contribution in [0.2, 0.25) is 0 Å². The minimum absolute atomic E-state index is 0.547. The van der Waals surface area contributed by atoms with Gasteiger partial charge in [-0.1, -0.05) is 12.2 Å². The number of hydrogen-bond acceptors (Lipinski definition) is 2. The van der Waals surface area contributed by atoms with E-state index in [4.69, 9.17) is 9.47 Å². The van der Waals surface area contributed by atoms with E-state index in [1.165, 1.54) is 6.42 Å². The van der Waals surface area contributed by atoms with Crippen molar-refractivity contribution in [2.75, 3.05) is 26.4 Å². The maximum Gasteiger partial charge on any atom is 0.0700 e. The Morgan fingerprint density at radius 1 is 1.33 bits per heavy atom. The van der Waals surface area contributed by atoms with Crippen LogP contribution in [0.5, 0.6) is 0 Å². The number of rotatable bonds is 6. The van der Waals surface area contributed by atoms with Crippen LogP contribution in [0.1, 0.15) is 13.3 Å². The molecule has 2 nitrogen and oxygen atoms in total. The van der Waals surface area contributed by atoms with Gasteiger partial charge in [-0.15, -0.1) is 0 Å². The molecule has 0 amide bonds. The number of allylic oxidation sites excluding steroid dienone is 2. The van der Waals surface area contributed by atoms with Crippen LogP contribution < -0.4 is 0 Å². The van der Waals surface area contributed by atoms with Crippen molar-refractivity contribution in [3.63, 3.8) is 0 Å². The molecular weight excluding hydrogens is 152 g/mol. The summed E-state index contributed by atoms with van der Waals surface area (Å²) >= 11 is 0. The topological polar surface area (TPSA) is 18.5 Å². The van der Waals surface area contributed by atoms with E-state index in [0.717, 1.165) is 32.3 Å². The molecule has 0 N–H and O–H groups in total. The molecule has 0 aromatic carbocycles. The van der Waals surface area contributed by atoms with Crippen LogP contribution in [0.25, 0.3) is 0 Å². The molecule has 1 unspecified atom stereocenters. The van der Waals surface area contributed by atoms with E-state index in [0.29, 0.717) is 5.41 Å². The highest BCUT2D eigenvalue weighted by Gasteiger charge is 2.56. The molecule has 1 atom stereocenters. The van der Waals surface area contributed by atoms with Crippen molar-refractivity contribution in [3.8, 4) is 0 Å². The molecule has 0 radical (unpaired) electrons. The van der Waals surface area contributed by atoms with Crippen LogP contribution in [-0.4, -0.2) is 26.4 Å². The molecule has 1 spiro atoms. The highest BCUT2D eigenvalue weighted by Crippen LogP contribution is 2.63. The van der Waals surface area contributed by atoms with Crippen LogP contribution in [0.3, 0.4) is 0 Å². The molecule has 1 fully saturated rings. The summed E-state index contributed by atoms with van der Waals surface area (Å²) < 4.78 is 10.6. The maximum absolute atomic E-state index is 5.47. The Morgan fingerprint density at radius 2 is 2.08 bits per heavy atom. The van der Waals surface area contributed by atoms with Gasteiger partial charge in [-0.25, -0.2) is 0 Å². The van der Waals surface area contributed by atoms with Crippen LogP contribution in [0.4, 0.5) is 0 Å². The first-order valence-corrected chi connectivity index (χ1v) is 4.73. The number of ether oxygens (including phenoxy) is 2. The summed E-state index contributed by atoms with van der Waals surface area (Å²) in [6.45, 7) is 5.20. The highest BCUT2D eigenvalue weighted by atomic mass is 16.5. The van der Waals surface area contributed by atoms with Gasteiger partial charge in [-0.2, -0.15) is 0 Å². The Hall–Kier alpha value is -0.340. The molecule has 2 heteroatoms. The molecular formula is C10H16O2. The molecule has 1 saturated carbocycles. The highest BCUT2D eigenvalue weighted by molar-refractivity contribution is 5.37. The molecule has 0 aromatic rings. The third kappa shape index (κ3) is 1.70. The average Bonchev–Trinajstić information content (AvgIpc) is 2.95. The normalized spacial score (nSPS) is 27.9. The fourth-order valence-corrected chi connectivity index (χ4v) is 1.58. The number of hydrogen-bond donors (Lipinski definition) is 0. The fraction of sp³-hybridized carbons (Fsp3) is 0.800. The molecule has 0 heterocycles. The third-order valence-corrected chi connectivity index (χ3v) is 2.69. The zero-order valence-corrected chi connectivity index (χ0v) is 7.58. The van der Waals surface area contributed by atoms with E-state index in [9.17, 15) is 0 Å². The van der Waals surface area contributed by atoms with Gasteiger partial charge in [0, 0.05) is 12.0 Å². The molecule has 0 aliphatic heterocycles. The van der Waals surface area contributed by atoms with E-state index in [2.05, 4.69) is 12.2 Å². The Kier molecular flexibility index (Phi) is 2.20. The van der Waals surface area contributed by atoms with Crippen molar-refractivity contribution < 1.29 is 9.47 Å². The Morgan fingerprint density at radius 3 is 2.67 bits per heavy atom. The lowest BCUT2D eigenvalue weighted by Gasteiger charge is -2.02. The summed E-state index contributed by atoms with van der Waals surface area (Å²) in [5.41, 5.74) is 0.547. The SMILES string of the molecule is CCOCCOCC1CC12C=C2. The second kappa shape index (κ2) is 3.19. The minimum Gasteiger partial charge on any atom is -0.379 e. The first-order chi connectivity index (χ1) is 5.87. The van der Waals surface area contributed by atoms with Gasteiger partial charge >= 0.3 is 0 Å². The van der Waals surface area contributed by atoms with E-state index >= 15 is 0 Å². The lowest BCUT2D eigenvalue weighted by molar-refractivity contribution is 0.0470. The van der Waals surface area contributed by atoms with Crippen molar-refractivity contribution >= 4 is 0 Å². The second-order valence-electron chi connectivity index (χ2n) is 3.62. The Bertz CT molecular complexity index is 180. The van der Waals surface area contributed by atoms with Crippen molar-refractivity contribution in [3.05, 3.63) is 12.2 Å². The second-order valence-corrected chi connectivity index (χ2v) is 3.62. The van der Waals surface area contributed by atoms with Gasteiger partial charge in [-0.3, -0.25) is 0 Å². The zero-order valence-electron chi connectivity index (χ0n) is 7.58. The smallest absolute Gasteiger partial charge is 0.0700 e. The van der Waals surface area contributed by atoms with E-state index < -0.39 is 0 Å². The van der Waals surface area contributed by atoms with Crippen molar-refractivity contribution in [1.82, 2.24) is 0 Å². The summed E-state index contributed by atoms with van der Waals surface area (Å²) in [7, 11) is 0. The Balaban J connectivity index is 1.43. The standard InChI is InChI=1S/C10H16O2/c1-2-11-5-6-12-8-9-7-10(9)3-4-10/h3-4,9H,2,5-8H2,1H3. The summed E-state index contributed by atoms with van der Waals surface area (Å²) in [6.07, 6.45) is 5.91. The van der Waals surface area contributed by atoms with Gasteiger partial charge in [-0.05, 0) is 19.3 Å². The first-order valence-electron chi connectivity index (χ1n) is 4.73. The molecule has 0 saturated heterocycles. The largest absolute Gasteiger partial charge is 0.379 e. The molecule has 12 heavy (non-hydrogen) atoms. The zero-order chi connectivity index (χ0) is 8.44. The van der Waals surface area contributed by atoms with E-state index in [-0.39, 0.29) is 0 Å². The van der Waals surface area contributed by atoms with Gasteiger partial charge < -0.3 is 9.47 Å². The summed E-state index contributed by atoms with van der Waals surface area (Å²) in [6, 6.07) is 0. The average molecular weight is 168 g/mol. The van der Waals surface area contributed by atoms with Gasteiger partial charge in [0.25, 0.3) is 0 Å². The van der Waals surface area contributed by atoms with E-state index in [1.807, 2.05) is 6.92 Å². The molecule has 0 bridgehead atoms. The van der Waals surface area contributed by atoms with Crippen molar-refractivity contribution in [2.45, 2.75) is 13.3 Å². The molecule has 68 valence electrons. The van der Waals surface area contributed by atoms with Gasteiger partial charge in [0.2, 0.25) is 0 Å². The molecule has 2 rings (SSSR count). The van der Waals surface area contributed by atoms with Gasteiger partial charge in [0.1, 0.15) is 0 Å². The quantitative estimate of drug-likeness (QED) is 0.443. The van der Waals surface area contributed by atoms with Crippen molar-refractivity contribution in [2.24, 2.45) is 11.3 Å². The van der Waals surface area contributed by atoms with Crippen LogP contribution >= 0.6 is 0 Å². The molecule has 0 aromatic heterocycles. The van der Waals surface area contributed by atoms with Crippen LogP contribution in [-0.2, 0) is 9.47 Å². The van der Waals surface area contributed by atoms with Crippen LogP contribution in [0.15, 0.2) is 12.2 Å². The summed E-state index contributed by atoms with van der Waals surface area (Å²) in [5.74, 6) is 0.791. The third-order valence-electron chi connectivity index (χ3n) is 2.69. The van der Waals surface area contributed by atoms with E-state index in [1.54, 1.807) is 0 Å². The maximum atomic E-state index is 5.47. The fourth-order valence-electron chi connectivity index (χ4n) is 1.58. The first kappa shape index (κ1) is 8.27. The van der Waals surface area contributed by atoms with Crippen LogP contribution in [0, 0.1) is 11.3 Å². The predicted octanol–water partition coefficient (Wildman–Crippen LogP) is 1.62. The van der Waals surface area contributed by atoms with Gasteiger partial charge in [0.15, 0.2) is 0 Å².